The van der Waals surface area contributed by atoms with Gasteiger partial charge in [-0.05, 0) is 63.4 Å². The molecule has 9 heteroatoms. The second-order valence-corrected chi connectivity index (χ2v) is 9.93. The monoisotopic (exact) mass is 489 g/mol. The van der Waals surface area contributed by atoms with Crippen LogP contribution in [0.3, 0.4) is 0 Å². The highest BCUT2D eigenvalue weighted by Gasteiger charge is 2.43. The van der Waals surface area contributed by atoms with Gasteiger partial charge < -0.3 is 25.2 Å². The van der Waals surface area contributed by atoms with Gasteiger partial charge >= 0.3 is 0 Å². The summed E-state index contributed by atoms with van der Waals surface area (Å²) in [6.07, 6.45) is 2.48. The van der Waals surface area contributed by atoms with Gasteiger partial charge in [0, 0.05) is 30.8 Å². The van der Waals surface area contributed by atoms with Gasteiger partial charge in [0.15, 0.2) is 0 Å². The minimum Gasteiger partial charge on any atom is -0.375 e. The zero-order valence-electron chi connectivity index (χ0n) is 20.8. The number of nitrogens with one attached hydrogen (secondary N) is 2. The third-order valence-corrected chi connectivity index (χ3v) is 7.17. The first-order chi connectivity index (χ1) is 17.3. The number of guanidine groups is 1. The summed E-state index contributed by atoms with van der Waals surface area (Å²) in [4.78, 5) is 47.3. The lowest BCUT2D eigenvalue weighted by Crippen LogP contribution is -2.62. The Kier molecular flexibility index (Phi) is 6.26. The zero-order chi connectivity index (χ0) is 25.4. The van der Waals surface area contributed by atoms with Crippen LogP contribution in [0.15, 0.2) is 47.5 Å². The Morgan fingerprint density at radius 1 is 1.11 bits per heavy atom. The van der Waals surface area contributed by atoms with Crippen molar-refractivity contribution in [3.8, 4) is 0 Å². The van der Waals surface area contributed by atoms with Crippen molar-refractivity contribution in [3.63, 3.8) is 0 Å². The molecule has 1 atom stereocenters. The van der Waals surface area contributed by atoms with Crippen LogP contribution in [-0.4, -0.2) is 67.0 Å². The fourth-order valence-corrected chi connectivity index (χ4v) is 5.03. The number of nitrogens with zero attached hydrogens (tertiary/aromatic N) is 3. The van der Waals surface area contributed by atoms with Crippen molar-refractivity contribution in [3.05, 3.63) is 59.2 Å². The topological polar surface area (TPSA) is 103 Å². The smallest absolute Gasteiger partial charge is 0.280 e. The number of carbonyl (C=O) groups is 3. The number of para-hydroxylation sites is 1. The number of rotatable bonds is 2. The highest BCUT2D eigenvalue weighted by Crippen LogP contribution is 2.40. The molecule has 0 aromatic heterocycles. The van der Waals surface area contributed by atoms with E-state index in [9.17, 15) is 14.4 Å². The molecule has 36 heavy (non-hydrogen) atoms. The molecule has 0 spiro atoms. The SMILES string of the molecule is COC1(C)CN(C(=O)c2cccc3c2N2/C(=N/C(=O)c4cccc(c4)C(=O)NCCCCC2C)N3)C1. The molecule has 0 saturated carbocycles. The number of likely N-dealkylation sites (tertiary alicyclic amines) is 1. The van der Waals surface area contributed by atoms with Crippen LogP contribution < -0.4 is 15.5 Å². The van der Waals surface area contributed by atoms with E-state index in [0.29, 0.717) is 42.3 Å². The summed E-state index contributed by atoms with van der Waals surface area (Å²) in [5.41, 5.74) is 2.47. The summed E-state index contributed by atoms with van der Waals surface area (Å²) >= 11 is 0. The van der Waals surface area contributed by atoms with Crippen LogP contribution in [0.25, 0.3) is 0 Å². The van der Waals surface area contributed by atoms with Crippen LogP contribution in [0.5, 0.6) is 0 Å². The number of carbonyl (C=O) groups excluding carboxylic acids is 3. The van der Waals surface area contributed by atoms with E-state index in [2.05, 4.69) is 22.5 Å². The standard InChI is InChI=1S/C27H31N5O4/c1-17-8-4-5-13-28-23(33)18-9-6-10-19(14-18)24(34)30-26-29-21-12-7-11-20(22(21)32(17)26)25(35)31-15-27(2,16-31)36-3/h6-7,9-12,14,17H,4-5,8,13,15-16H2,1-3H3,(H,28,33)(H,29,30,34). The van der Waals surface area contributed by atoms with Crippen LogP contribution in [0.2, 0.25) is 0 Å². The van der Waals surface area contributed by atoms with E-state index >= 15 is 0 Å². The van der Waals surface area contributed by atoms with Gasteiger partial charge in [0.2, 0.25) is 5.96 Å². The Labute approximate surface area is 210 Å². The fourth-order valence-electron chi connectivity index (χ4n) is 5.03. The highest BCUT2D eigenvalue weighted by atomic mass is 16.5. The quantitative estimate of drug-likeness (QED) is 0.671. The Bertz CT molecular complexity index is 1250. The highest BCUT2D eigenvalue weighted by molar-refractivity contribution is 6.22. The van der Waals surface area contributed by atoms with Gasteiger partial charge in [0.25, 0.3) is 17.7 Å². The van der Waals surface area contributed by atoms with E-state index < -0.39 is 5.91 Å². The maximum absolute atomic E-state index is 13.5. The number of ether oxygens (including phenoxy) is 1. The average molecular weight is 490 g/mol. The number of methoxy groups -OCH3 is 1. The van der Waals surface area contributed by atoms with Crippen molar-refractivity contribution in [1.82, 2.24) is 10.2 Å². The van der Waals surface area contributed by atoms with E-state index in [1.54, 1.807) is 36.3 Å². The van der Waals surface area contributed by atoms with Crippen molar-refractivity contribution < 1.29 is 19.1 Å². The van der Waals surface area contributed by atoms with Gasteiger partial charge in [-0.15, -0.1) is 0 Å². The molecule has 3 heterocycles. The molecule has 1 fully saturated rings. The number of hydrogen-bond acceptors (Lipinski definition) is 6. The normalized spacial score (nSPS) is 22.8. The lowest BCUT2D eigenvalue weighted by Gasteiger charge is -2.47. The first kappa shape index (κ1) is 24.0. The molecule has 3 aliphatic rings. The summed E-state index contributed by atoms with van der Waals surface area (Å²) in [6, 6.07) is 12.1. The van der Waals surface area contributed by atoms with Crippen LogP contribution in [0.1, 0.15) is 64.2 Å². The number of benzene rings is 2. The molecule has 2 N–H and O–H groups in total. The van der Waals surface area contributed by atoms with Crippen molar-refractivity contribution >= 4 is 35.1 Å². The number of aliphatic imine (C=N–C) groups is 1. The maximum atomic E-state index is 13.5. The van der Waals surface area contributed by atoms with E-state index in [-0.39, 0.29) is 23.5 Å². The largest absolute Gasteiger partial charge is 0.375 e. The molecule has 2 bridgehead atoms. The van der Waals surface area contributed by atoms with Crippen molar-refractivity contribution in [1.29, 1.82) is 0 Å². The van der Waals surface area contributed by atoms with E-state index in [1.807, 2.05) is 30.0 Å². The molecule has 1 saturated heterocycles. The molecule has 9 nitrogen and oxygen atoms in total. The Hall–Kier alpha value is -3.72. The number of amides is 3. The van der Waals surface area contributed by atoms with Crippen molar-refractivity contribution in [2.75, 3.05) is 37.0 Å². The lowest BCUT2D eigenvalue weighted by atomic mass is 9.94. The lowest BCUT2D eigenvalue weighted by molar-refractivity contribution is -0.0947. The minimum absolute atomic E-state index is 0.0372. The van der Waals surface area contributed by atoms with E-state index in [4.69, 9.17) is 4.74 Å². The Morgan fingerprint density at radius 2 is 1.86 bits per heavy atom. The summed E-state index contributed by atoms with van der Waals surface area (Å²) < 4.78 is 5.52. The molecule has 2 aromatic carbocycles. The average Bonchev–Trinajstić information content (AvgIpc) is 3.23. The summed E-state index contributed by atoms with van der Waals surface area (Å²) in [7, 11) is 1.66. The van der Waals surface area contributed by atoms with Crippen molar-refractivity contribution in [2.24, 2.45) is 4.99 Å². The van der Waals surface area contributed by atoms with Gasteiger partial charge in [-0.1, -0.05) is 12.1 Å². The predicted molar refractivity (Wildman–Crippen MR) is 138 cm³/mol. The molecular formula is C27H31N5O4. The first-order valence-corrected chi connectivity index (χ1v) is 12.3. The van der Waals surface area contributed by atoms with Gasteiger partial charge in [0.05, 0.1) is 30.0 Å². The van der Waals surface area contributed by atoms with E-state index in [1.165, 1.54) is 0 Å². The van der Waals surface area contributed by atoms with Gasteiger partial charge in [-0.25, -0.2) is 0 Å². The molecule has 2 aromatic rings. The Balaban J connectivity index is 1.53. The first-order valence-electron chi connectivity index (χ1n) is 12.3. The Morgan fingerprint density at radius 3 is 2.64 bits per heavy atom. The van der Waals surface area contributed by atoms with Gasteiger partial charge in [0.1, 0.15) is 5.60 Å². The summed E-state index contributed by atoms with van der Waals surface area (Å²) in [6.45, 7) is 5.66. The molecule has 5 rings (SSSR count). The van der Waals surface area contributed by atoms with Crippen LogP contribution in [0.4, 0.5) is 11.4 Å². The fraction of sp³-hybridized carbons (Fsp3) is 0.407. The third kappa shape index (κ3) is 4.35. The van der Waals surface area contributed by atoms with Crippen LogP contribution in [-0.2, 0) is 4.74 Å². The van der Waals surface area contributed by atoms with Crippen LogP contribution in [0, 0.1) is 0 Å². The summed E-state index contributed by atoms with van der Waals surface area (Å²) in [5, 5.41) is 6.20. The molecule has 0 radical (unpaired) electrons. The molecule has 3 amide bonds. The van der Waals surface area contributed by atoms with E-state index in [0.717, 1.165) is 30.6 Å². The predicted octanol–water partition coefficient (Wildman–Crippen LogP) is 3.28. The number of fused-ring (bicyclic) bond motifs is 5. The minimum atomic E-state index is -0.458. The molecule has 0 aliphatic carbocycles. The van der Waals surface area contributed by atoms with Gasteiger partial charge in [-0.2, -0.15) is 4.99 Å². The van der Waals surface area contributed by atoms with Crippen LogP contribution >= 0.6 is 0 Å². The molecule has 188 valence electrons. The molecule has 1 unspecified atom stereocenters. The number of anilines is 2. The molecular weight excluding hydrogens is 458 g/mol. The zero-order valence-corrected chi connectivity index (χ0v) is 20.8. The second kappa shape index (κ2) is 9.39. The second-order valence-electron chi connectivity index (χ2n) is 9.93. The maximum Gasteiger partial charge on any atom is 0.280 e. The summed E-state index contributed by atoms with van der Waals surface area (Å²) in [5.74, 6) is -0.340. The number of hydrogen-bond donors (Lipinski definition) is 2. The third-order valence-electron chi connectivity index (χ3n) is 7.17. The van der Waals surface area contributed by atoms with Crippen molar-refractivity contribution in [2.45, 2.75) is 44.8 Å². The van der Waals surface area contributed by atoms with Gasteiger partial charge in [-0.3, -0.25) is 14.4 Å². The molecule has 3 aliphatic heterocycles.